The third kappa shape index (κ3) is 4.77. The molecule has 0 spiro atoms. The number of carbonyl (C=O) groups is 1. The lowest BCUT2D eigenvalue weighted by Crippen LogP contribution is -2.47. The monoisotopic (exact) mass is 268 g/mol. The van der Waals surface area contributed by atoms with Crippen LogP contribution >= 0.6 is 0 Å². The molecule has 4 nitrogen and oxygen atoms in total. The molecule has 1 saturated heterocycles. The van der Waals surface area contributed by atoms with Crippen molar-refractivity contribution in [3.05, 3.63) is 0 Å². The fourth-order valence-electron chi connectivity index (χ4n) is 3.36. The molecule has 0 aromatic heterocycles. The highest BCUT2D eigenvalue weighted by Crippen LogP contribution is 2.18. The van der Waals surface area contributed by atoms with Crippen molar-refractivity contribution in [2.75, 3.05) is 19.7 Å². The molecule has 1 aliphatic heterocycles. The smallest absolute Gasteiger partial charge is 0.234 e. The van der Waals surface area contributed by atoms with Crippen LogP contribution in [0.2, 0.25) is 0 Å². The third-order valence-corrected chi connectivity index (χ3v) is 4.53. The molecule has 0 bridgehead atoms. The second kappa shape index (κ2) is 7.85. The second-order valence-electron chi connectivity index (χ2n) is 6.06. The normalized spacial score (nSPS) is 26.9. The van der Waals surface area contributed by atoms with Gasteiger partial charge in [-0.15, -0.1) is 0 Å². The summed E-state index contributed by atoms with van der Waals surface area (Å²) in [4.78, 5) is 14.3. The van der Waals surface area contributed by atoms with Gasteiger partial charge in [0.1, 0.15) is 0 Å². The number of hydrogen-bond acceptors (Lipinski definition) is 3. The van der Waals surface area contributed by atoms with Crippen molar-refractivity contribution in [3.63, 3.8) is 0 Å². The van der Waals surface area contributed by atoms with Crippen molar-refractivity contribution in [1.29, 1.82) is 0 Å². The van der Waals surface area contributed by atoms with Crippen LogP contribution in [-0.2, 0) is 4.79 Å². The van der Waals surface area contributed by atoms with Gasteiger partial charge in [-0.1, -0.05) is 32.1 Å². The average Bonchev–Trinajstić information content (AvgIpc) is 2.64. The van der Waals surface area contributed by atoms with Gasteiger partial charge >= 0.3 is 0 Å². The fourth-order valence-corrected chi connectivity index (χ4v) is 3.36. The average molecular weight is 268 g/mol. The third-order valence-electron chi connectivity index (χ3n) is 4.53. The fraction of sp³-hybridized carbons (Fsp3) is 0.933. The van der Waals surface area contributed by atoms with Crippen LogP contribution in [0.3, 0.4) is 0 Å². The number of amides is 1. The maximum absolute atomic E-state index is 12.1. The van der Waals surface area contributed by atoms with Crippen molar-refractivity contribution in [3.8, 4) is 0 Å². The number of likely N-dealkylation sites (tertiary alicyclic amines) is 1. The van der Waals surface area contributed by atoms with Crippen molar-refractivity contribution in [2.45, 2.75) is 69.9 Å². The Kier molecular flexibility index (Phi) is 6.11. The number of nitrogens with zero attached hydrogens (tertiary/aromatic N) is 1. The highest BCUT2D eigenvalue weighted by Gasteiger charge is 2.23. The Labute approximate surface area is 116 Å². The van der Waals surface area contributed by atoms with E-state index in [1.54, 1.807) is 0 Å². The van der Waals surface area contributed by atoms with Crippen LogP contribution in [-0.4, -0.2) is 47.7 Å². The first kappa shape index (κ1) is 14.8. The Morgan fingerprint density at radius 1 is 1.05 bits per heavy atom. The minimum atomic E-state index is 0.146. The molecule has 2 fully saturated rings. The summed E-state index contributed by atoms with van der Waals surface area (Å²) in [5, 5.41) is 12.6. The Hall–Kier alpha value is -0.610. The van der Waals surface area contributed by atoms with Gasteiger partial charge in [0.2, 0.25) is 5.91 Å². The Balaban J connectivity index is 1.78. The van der Waals surface area contributed by atoms with Gasteiger partial charge in [0, 0.05) is 12.1 Å². The first-order chi connectivity index (χ1) is 9.29. The first-order valence-electron chi connectivity index (χ1n) is 7.94. The second-order valence-corrected chi connectivity index (χ2v) is 6.06. The highest BCUT2D eigenvalue weighted by atomic mass is 16.3. The van der Waals surface area contributed by atoms with E-state index in [1.165, 1.54) is 32.1 Å². The number of aliphatic hydroxyl groups excluding tert-OH is 1. The summed E-state index contributed by atoms with van der Waals surface area (Å²) in [6.07, 6.45) is 10.6. The van der Waals surface area contributed by atoms with E-state index in [-0.39, 0.29) is 18.6 Å². The van der Waals surface area contributed by atoms with Gasteiger partial charge in [-0.2, -0.15) is 0 Å². The van der Waals surface area contributed by atoms with E-state index < -0.39 is 0 Å². The Morgan fingerprint density at radius 2 is 1.74 bits per heavy atom. The molecule has 19 heavy (non-hydrogen) atoms. The molecule has 0 aromatic rings. The lowest BCUT2D eigenvalue weighted by Gasteiger charge is -2.29. The molecular weight excluding hydrogens is 240 g/mol. The van der Waals surface area contributed by atoms with Gasteiger partial charge in [0.25, 0.3) is 0 Å². The molecule has 1 aliphatic carbocycles. The predicted octanol–water partition coefficient (Wildman–Crippen LogP) is 1.67. The number of hydrogen-bond donors (Lipinski definition) is 2. The van der Waals surface area contributed by atoms with Crippen molar-refractivity contribution in [2.24, 2.45) is 0 Å². The molecule has 0 aromatic carbocycles. The Morgan fingerprint density at radius 3 is 2.47 bits per heavy atom. The van der Waals surface area contributed by atoms with Gasteiger partial charge in [0.15, 0.2) is 0 Å². The Bertz CT molecular complexity index is 277. The maximum atomic E-state index is 12.1. The van der Waals surface area contributed by atoms with Gasteiger partial charge < -0.3 is 10.4 Å². The minimum absolute atomic E-state index is 0.146. The summed E-state index contributed by atoms with van der Waals surface area (Å²) < 4.78 is 0. The predicted molar refractivity (Wildman–Crippen MR) is 75.9 cm³/mol. The first-order valence-corrected chi connectivity index (χ1v) is 7.94. The van der Waals surface area contributed by atoms with Crippen molar-refractivity contribution >= 4 is 5.91 Å². The number of carbonyl (C=O) groups excluding carboxylic acids is 1. The highest BCUT2D eigenvalue weighted by molar-refractivity contribution is 5.78. The summed E-state index contributed by atoms with van der Waals surface area (Å²) in [6, 6.07) is 0.570. The summed E-state index contributed by atoms with van der Waals surface area (Å²) in [5.41, 5.74) is 0. The van der Waals surface area contributed by atoms with E-state index in [9.17, 15) is 9.90 Å². The summed E-state index contributed by atoms with van der Waals surface area (Å²) in [7, 11) is 0. The largest absolute Gasteiger partial charge is 0.395 e. The molecular formula is C15H28N2O2. The van der Waals surface area contributed by atoms with E-state index >= 15 is 0 Å². The summed E-state index contributed by atoms with van der Waals surface area (Å²) in [6.45, 7) is 1.59. The molecule has 0 radical (unpaired) electrons. The number of aliphatic hydroxyl groups is 1. The quantitative estimate of drug-likeness (QED) is 0.815. The van der Waals surface area contributed by atoms with Gasteiger partial charge in [-0.25, -0.2) is 0 Å². The zero-order chi connectivity index (χ0) is 13.5. The SMILES string of the molecule is O=C(CN1CCCCCC1CO)NC1CCCCC1. The summed E-state index contributed by atoms with van der Waals surface area (Å²) >= 11 is 0. The zero-order valence-corrected chi connectivity index (χ0v) is 11.9. The standard InChI is InChI=1S/C15H28N2O2/c18-12-14-9-5-2-6-10-17(14)11-15(19)16-13-7-3-1-4-8-13/h13-14,18H,1-12H2,(H,16,19). The molecule has 110 valence electrons. The molecule has 2 N–H and O–H groups in total. The lowest BCUT2D eigenvalue weighted by atomic mass is 9.95. The van der Waals surface area contributed by atoms with Crippen molar-refractivity contribution in [1.82, 2.24) is 10.2 Å². The van der Waals surface area contributed by atoms with E-state index in [4.69, 9.17) is 0 Å². The molecule has 1 atom stereocenters. The number of rotatable bonds is 4. The van der Waals surface area contributed by atoms with E-state index in [1.807, 2.05) is 0 Å². The van der Waals surface area contributed by atoms with Crippen LogP contribution in [0.1, 0.15) is 57.8 Å². The van der Waals surface area contributed by atoms with Crippen LogP contribution in [0.4, 0.5) is 0 Å². The van der Waals surface area contributed by atoms with Crippen LogP contribution in [0.25, 0.3) is 0 Å². The van der Waals surface area contributed by atoms with Crippen LogP contribution in [0, 0.1) is 0 Å². The molecule has 2 aliphatic rings. The molecule has 1 saturated carbocycles. The molecule has 4 heteroatoms. The zero-order valence-electron chi connectivity index (χ0n) is 11.9. The molecule has 1 heterocycles. The molecule has 2 rings (SSSR count). The van der Waals surface area contributed by atoms with Crippen LogP contribution in [0.5, 0.6) is 0 Å². The number of nitrogens with one attached hydrogen (secondary N) is 1. The van der Waals surface area contributed by atoms with Gasteiger partial charge in [-0.3, -0.25) is 9.69 Å². The maximum Gasteiger partial charge on any atom is 0.234 e. The molecule has 1 amide bonds. The van der Waals surface area contributed by atoms with Crippen molar-refractivity contribution < 1.29 is 9.90 Å². The lowest BCUT2D eigenvalue weighted by molar-refractivity contribution is -0.123. The van der Waals surface area contributed by atoms with E-state index in [0.29, 0.717) is 12.6 Å². The summed E-state index contributed by atoms with van der Waals surface area (Å²) in [5.74, 6) is 0.146. The van der Waals surface area contributed by atoms with Gasteiger partial charge in [-0.05, 0) is 32.2 Å². The van der Waals surface area contributed by atoms with Crippen LogP contribution < -0.4 is 5.32 Å². The topological polar surface area (TPSA) is 52.6 Å². The van der Waals surface area contributed by atoms with Crippen LogP contribution in [0.15, 0.2) is 0 Å². The van der Waals surface area contributed by atoms with Gasteiger partial charge in [0.05, 0.1) is 13.2 Å². The van der Waals surface area contributed by atoms with E-state index in [0.717, 1.165) is 32.2 Å². The minimum Gasteiger partial charge on any atom is -0.395 e. The molecule has 1 unspecified atom stereocenters. The van der Waals surface area contributed by atoms with E-state index in [2.05, 4.69) is 10.2 Å².